The summed E-state index contributed by atoms with van der Waals surface area (Å²) in [6.45, 7) is 3.08. The number of hydrogen-bond donors (Lipinski definition) is 1. The third-order valence-corrected chi connectivity index (χ3v) is 5.23. The van der Waals surface area contributed by atoms with Crippen molar-refractivity contribution in [1.29, 1.82) is 0 Å². The van der Waals surface area contributed by atoms with E-state index < -0.39 is 0 Å². The highest BCUT2D eigenvalue weighted by Gasteiger charge is 2.37. The lowest BCUT2D eigenvalue weighted by molar-refractivity contribution is 0.395. The maximum Gasteiger partial charge on any atom is 0.0940 e. The molecule has 0 amide bonds. The third-order valence-electron chi connectivity index (χ3n) is 4.54. The van der Waals surface area contributed by atoms with Crippen LogP contribution in [0.1, 0.15) is 24.5 Å². The molecule has 1 spiro atoms. The molecule has 1 aliphatic heterocycles. The van der Waals surface area contributed by atoms with Gasteiger partial charge in [0, 0.05) is 6.54 Å². The Balaban J connectivity index is 1.76. The van der Waals surface area contributed by atoms with Gasteiger partial charge in [-0.05, 0) is 65.3 Å². The molecular formula is C17H18N2S. The molecule has 2 heterocycles. The van der Waals surface area contributed by atoms with Crippen LogP contribution in [0.4, 0.5) is 0 Å². The van der Waals surface area contributed by atoms with E-state index in [2.05, 4.69) is 47.3 Å². The van der Waals surface area contributed by atoms with Gasteiger partial charge in [0.1, 0.15) is 0 Å². The number of nitrogens with one attached hydrogen (secondary N) is 1. The predicted molar refractivity (Wildman–Crippen MR) is 85.6 cm³/mol. The van der Waals surface area contributed by atoms with Crippen LogP contribution in [-0.4, -0.2) is 17.9 Å². The Morgan fingerprint density at radius 2 is 2.25 bits per heavy atom. The molecule has 2 aromatic rings. The van der Waals surface area contributed by atoms with Gasteiger partial charge in [-0.1, -0.05) is 18.2 Å². The largest absolute Gasteiger partial charge is 0.372 e. The van der Waals surface area contributed by atoms with Crippen LogP contribution in [0.2, 0.25) is 0 Å². The molecule has 2 nitrogen and oxygen atoms in total. The molecule has 0 bridgehead atoms. The van der Waals surface area contributed by atoms with E-state index in [9.17, 15) is 0 Å². The van der Waals surface area contributed by atoms with Gasteiger partial charge in [-0.2, -0.15) is 11.3 Å². The standard InChI is InChI=1S/C17H18N2S/c1-12-18-11-17(19-12)7-5-16-13(9-17)3-2-4-15(16)14-6-8-20-10-14/h2-4,6,8,10H,5,7,9,11H2,1H3,(H,18,19)/t17-/m1/s1. The monoisotopic (exact) mass is 282 g/mol. The van der Waals surface area contributed by atoms with Crippen LogP contribution >= 0.6 is 11.3 Å². The van der Waals surface area contributed by atoms with Crippen LogP contribution in [0, 0.1) is 0 Å². The minimum atomic E-state index is 0.115. The van der Waals surface area contributed by atoms with Crippen LogP contribution in [-0.2, 0) is 12.8 Å². The van der Waals surface area contributed by atoms with E-state index in [1.165, 1.54) is 22.3 Å². The van der Waals surface area contributed by atoms with Gasteiger partial charge in [0.05, 0.1) is 11.4 Å². The van der Waals surface area contributed by atoms with Crippen molar-refractivity contribution >= 4 is 17.2 Å². The average Bonchev–Trinajstić information content (AvgIpc) is 3.09. The fraction of sp³-hybridized carbons (Fsp3) is 0.353. The fourth-order valence-corrected chi connectivity index (χ4v) is 4.21. The maximum atomic E-state index is 4.88. The van der Waals surface area contributed by atoms with Crippen LogP contribution in [0.25, 0.3) is 11.1 Å². The molecule has 1 N–H and O–H groups in total. The summed E-state index contributed by atoms with van der Waals surface area (Å²) in [5.74, 6) is 1.10. The van der Waals surface area contributed by atoms with Crippen LogP contribution < -0.4 is 5.32 Å². The van der Waals surface area contributed by atoms with Crippen LogP contribution in [0.15, 0.2) is 40.0 Å². The number of nitrogens with zero attached hydrogens (tertiary/aromatic N) is 1. The smallest absolute Gasteiger partial charge is 0.0940 e. The second-order valence-corrected chi connectivity index (χ2v) is 6.69. The summed E-state index contributed by atoms with van der Waals surface area (Å²) in [5, 5.41) is 7.81. The molecule has 0 unspecified atom stereocenters. The number of thiophene rings is 1. The third kappa shape index (κ3) is 1.88. The number of fused-ring (bicyclic) bond motifs is 1. The van der Waals surface area contributed by atoms with E-state index in [0.29, 0.717) is 0 Å². The van der Waals surface area contributed by atoms with Crippen molar-refractivity contribution in [2.45, 2.75) is 31.7 Å². The molecule has 102 valence electrons. The van der Waals surface area contributed by atoms with Crippen molar-refractivity contribution in [2.24, 2.45) is 4.99 Å². The van der Waals surface area contributed by atoms with E-state index in [1.807, 2.05) is 0 Å². The van der Waals surface area contributed by atoms with E-state index >= 15 is 0 Å². The lowest BCUT2D eigenvalue weighted by atomic mass is 9.76. The molecule has 0 radical (unpaired) electrons. The number of benzene rings is 1. The first-order valence-electron chi connectivity index (χ1n) is 7.19. The molecule has 3 heteroatoms. The summed E-state index contributed by atoms with van der Waals surface area (Å²) in [6, 6.07) is 8.98. The molecule has 1 aliphatic carbocycles. The Morgan fingerprint density at radius 1 is 1.30 bits per heavy atom. The zero-order valence-corrected chi connectivity index (χ0v) is 12.5. The van der Waals surface area contributed by atoms with Gasteiger partial charge in [-0.15, -0.1) is 0 Å². The van der Waals surface area contributed by atoms with Gasteiger partial charge < -0.3 is 5.32 Å². The predicted octanol–water partition coefficient (Wildman–Crippen LogP) is 3.66. The second-order valence-electron chi connectivity index (χ2n) is 5.91. The van der Waals surface area contributed by atoms with Crippen molar-refractivity contribution < 1.29 is 0 Å². The Kier molecular flexibility index (Phi) is 2.71. The van der Waals surface area contributed by atoms with Crippen LogP contribution in [0.3, 0.4) is 0 Å². The van der Waals surface area contributed by atoms with Crippen molar-refractivity contribution in [2.75, 3.05) is 6.54 Å². The average molecular weight is 282 g/mol. The first kappa shape index (κ1) is 12.2. The summed E-state index contributed by atoms with van der Waals surface area (Å²) in [6.07, 6.45) is 3.37. The summed E-state index contributed by atoms with van der Waals surface area (Å²) in [7, 11) is 0. The Hall–Kier alpha value is -1.61. The van der Waals surface area contributed by atoms with Crippen molar-refractivity contribution in [3.05, 3.63) is 46.2 Å². The van der Waals surface area contributed by atoms with Gasteiger partial charge in [-0.25, -0.2) is 0 Å². The number of aliphatic imine (C=N–C) groups is 1. The molecule has 0 saturated heterocycles. The van der Waals surface area contributed by atoms with E-state index in [1.54, 1.807) is 11.3 Å². The SMILES string of the molecule is CC1=N[C@@]2(CCc3c(cccc3-c3ccsc3)C2)CN1. The molecule has 1 aromatic heterocycles. The molecule has 1 atom stereocenters. The number of hydrogen-bond acceptors (Lipinski definition) is 3. The summed E-state index contributed by atoms with van der Waals surface area (Å²) < 4.78 is 0. The normalized spacial score (nSPS) is 24.4. The fourth-order valence-electron chi connectivity index (χ4n) is 3.56. The lowest BCUT2D eigenvalue weighted by Crippen LogP contribution is -2.38. The van der Waals surface area contributed by atoms with Gasteiger partial charge in [0.25, 0.3) is 0 Å². The minimum Gasteiger partial charge on any atom is -0.372 e. The van der Waals surface area contributed by atoms with E-state index in [0.717, 1.165) is 31.6 Å². The summed E-state index contributed by atoms with van der Waals surface area (Å²) in [5.41, 5.74) is 5.93. The van der Waals surface area contributed by atoms with Gasteiger partial charge >= 0.3 is 0 Å². The topological polar surface area (TPSA) is 24.4 Å². The summed E-state index contributed by atoms with van der Waals surface area (Å²) >= 11 is 1.77. The molecule has 2 aliphatic rings. The van der Waals surface area contributed by atoms with E-state index in [-0.39, 0.29) is 5.54 Å². The Bertz CT molecular complexity index is 672. The Morgan fingerprint density at radius 3 is 3.00 bits per heavy atom. The second kappa shape index (κ2) is 4.45. The highest BCUT2D eigenvalue weighted by Crippen LogP contribution is 2.38. The Labute approximate surface area is 123 Å². The van der Waals surface area contributed by atoms with Crippen molar-refractivity contribution in [3.8, 4) is 11.1 Å². The highest BCUT2D eigenvalue weighted by molar-refractivity contribution is 7.08. The quantitative estimate of drug-likeness (QED) is 0.848. The zero-order chi connectivity index (χ0) is 13.6. The van der Waals surface area contributed by atoms with Gasteiger partial charge in [0.2, 0.25) is 0 Å². The number of rotatable bonds is 1. The van der Waals surface area contributed by atoms with Crippen LogP contribution in [0.5, 0.6) is 0 Å². The lowest BCUT2D eigenvalue weighted by Gasteiger charge is -2.32. The van der Waals surface area contributed by atoms with Gasteiger partial charge in [-0.3, -0.25) is 4.99 Å². The maximum absolute atomic E-state index is 4.88. The highest BCUT2D eigenvalue weighted by atomic mass is 32.1. The van der Waals surface area contributed by atoms with Crippen molar-refractivity contribution in [3.63, 3.8) is 0 Å². The molecule has 0 saturated carbocycles. The zero-order valence-electron chi connectivity index (χ0n) is 11.6. The first-order chi connectivity index (χ1) is 9.76. The molecule has 0 fully saturated rings. The first-order valence-corrected chi connectivity index (χ1v) is 8.14. The molecular weight excluding hydrogens is 264 g/mol. The van der Waals surface area contributed by atoms with E-state index in [4.69, 9.17) is 4.99 Å². The molecule has 1 aromatic carbocycles. The van der Waals surface area contributed by atoms with Gasteiger partial charge in [0.15, 0.2) is 0 Å². The molecule has 20 heavy (non-hydrogen) atoms. The number of amidine groups is 1. The molecule has 4 rings (SSSR count). The summed E-state index contributed by atoms with van der Waals surface area (Å²) in [4.78, 5) is 4.88. The minimum absolute atomic E-state index is 0.115. The van der Waals surface area contributed by atoms with Crippen molar-refractivity contribution in [1.82, 2.24) is 5.32 Å².